The minimum absolute atomic E-state index is 0.171. The summed E-state index contributed by atoms with van der Waals surface area (Å²) in [6.07, 6.45) is 2.01. The number of rotatable bonds is 9. The number of ether oxygens (including phenoxy) is 1. The predicted octanol–water partition coefficient (Wildman–Crippen LogP) is 3.25. The summed E-state index contributed by atoms with van der Waals surface area (Å²) in [6, 6.07) is 8.89. The summed E-state index contributed by atoms with van der Waals surface area (Å²) in [5.74, 6) is -1.20. The minimum atomic E-state index is -4.01. The standard InChI is InChI=1S/C21H27NO6S/c1-4-14-6-10-19(15(12-14)7-8-16(23)5-2)22-29(26,27)17-9-11-20(24)18(13-17)21(25)28-3/h6,9-13,16,22-24H,4-5,7-8H2,1-3H3/t16-/m0/s1. The molecule has 0 aliphatic heterocycles. The topological polar surface area (TPSA) is 113 Å². The molecule has 0 saturated heterocycles. The lowest BCUT2D eigenvalue weighted by Crippen LogP contribution is -2.16. The Morgan fingerprint density at radius 3 is 2.52 bits per heavy atom. The SMILES string of the molecule is CCc1ccc(NS(=O)(=O)c2ccc(O)c(C(=O)OC)c2)c(CC[C@@H](O)CC)c1. The van der Waals surface area contributed by atoms with Gasteiger partial charge in [-0.2, -0.15) is 0 Å². The molecule has 158 valence electrons. The van der Waals surface area contributed by atoms with E-state index in [4.69, 9.17) is 0 Å². The zero-order valence-corrected chi connectivity index (χ0v) is 17.6. The molecule has 2 aromatic carbocycles. The van der Waals surface area contributed by atoms with Gasteiger partial charge in [0.1, 0.15) is 11.3 Å². The van der Waals surface area contributed by atoms with Crippen LogP contribution in [0.4, 0.5) is 5.69 Å². The van der Waals surface area contributed by atoms with Crippen LogP contribution in [0, 0.1) is 0 Å². The normalized spacial score (nSPS) is 12.4. The number of aromatic hydroxyl groups is 1. The monoisotopic (exact) mass is 421 g/mol. The fourth-order valence-electron chi connectivity index (χ4n) is 2.86. The van der Waals surface area contributed by atoms with Crippen LogP contribution in [0.3, 0.4) is 0 Å². The van der Waals surface area contributed by atoms with E-state index in [1.54, 1.807) is 6.07 Å². The van der Waals surface area contributed by atoms with Crippen LogP contribution in [0.1, 0.15) is 48.2 Å². The summed E-state index contributed by atoms with van der Waals surface area (Å²) < 4.78 is 32.9. The molecule has 0 spiro atoms. The first-order valence-corrected chi connectivity index (χ1v) is 10.9. The summed E-state index contributed by atoms with van der Waals surface area (Å²) in [5, 5.41) is 19.7. The van der Waals surface area contributed by atoms with Gasteiger partial charge >= 0.3 is 5.97 Å². The number of esters is 1. The van der Waals surface area contributed by atoms with Gasteiger partial charge in [0.05, 0.1) is 23.8 Å². The van der Waals surface area contributed by atoms with E-state index in [2.05, 4.69) is 9.46 Å². The highest BCUT2D eigenvalue weighted by Gasteiger charge is 2.21. The van der Waals surface area contributed by atoms with Crippen LogP contribution in [0.5, 0.6) is 5.75 Å². The highest BCUT2D eigenvalue weighted by molar-refractivity contribution is 7.92. The van der Waals surface area contributed by atoms with E-state index in [0.717, 1.165) is 36.8 Å². The van der Waals surface area contributed by atoms with Crippen molar-refractivity contribution in [1.82, 2.24) is 0 Å². The molecule has 1 atom stereocenters. The van der Waals surface area contributed by atoms with Crippen LogP contribution in [0.15, 0.2) is 41.3 Å². The summed E-state index contributed by atoms with van der Waals surface area (Å²) in [7, 11) is -2.87. The Morgan fingerprint density at radius 2 is 1.90 bits per heavy atom. The first-order chi connectivity index (χ1) is 13.7. The van der Waals surface area contributed by atoms with Gasteiger partial charge in [0.25, 0.3) is 10.0 Å². The second-order valence-corrected chi connectivity index (χ2v) is 8.40. The van der Waals surface area contributed by atoms with Crippen molar-refractivity contribution in [3.8, 4) is 5.75 Å². The van der Waals surface area contributed by atoms with E-state index in [1.807, 2.05) is 26.0 Å². The maximum atomic E-state index is 12.9. The van der Waals surface area contributed by atoms with Gasteiger partial charge in [-0.25, -0.2) is 13.2 Å². The number of anilines is 1. The predicted molar refractivity (Wildman–Crippen MR) is 111 cm³/mol. The van der Waals surface area contributed by atoms with Gasteiger partial charge in [0, 0.05) is 0 Å². The van der Waals surface area contributed by atoms with Gasteiger partial charge in [-0.05, 0) is 61.1 Å². The number of aliphatic hydroxyl groups is 1. The Morgan fingerprint density at radius 1 is 1.17 bits per heavy atom. The molecule has 2 rings (SSSR count). The molecule has 0 saturated carbocycles. The van der Waals surface area contributed by atoms with Crippen LogP contribution in [-0.2, 0) is 27.6 Å². The fraction of sp³-hybridized carbons (Fsp3) is 0.381. The van der Waals surface area contributed by atoms with Crippen molar-refractivity contribution in [3.63, 3.8) is 0 Å². The molecule has 0 fully saturated rings. The fourth-order valence-corrected chi connectivity index (χ4v) is 3.99. The Bertz CT molecular complexity index is 971. The van der Waals surface area contributed by atoms with Crippen molar-refractivity contribution in [3.05, 3.63) is 53.1 Å². The molecule has 3 N–H and O–H groups in total. The average Bonchev–Trinajstić information content (AvgIpc) is 2.72. The number of carbonyl (C=O) groups is 1. The second kappa shape index (κ2) is 9.76. The number of nitrogens with one attached hydrogen (secondary N) is 1. The number of methoxy groups -OCH3 is 1. The molecule has 0 radical (unpaired) electrons. The second-order valence-electron chi connectivity index (χ2n) is 6.72. The van der Waals surface area contributed by atoms with E-state index in [1.165, 1.54) is 6.07 Å². The summed E-state index contributed by atoms with van der Waals surface area (Å²) in [5.41, 5.74) is 2.03. The average molecular weight is 422 g/mol. The maximum Gasteiger partial charge on any atom is 0.341 e. The lowest BCUT2D eigenvalue weighted by Gasteiger charge is -2.16. The number of carbonyl (C=O) groups excluding carboxylic acids is 1. The van der Waals surface area contributed by atoms with Crippen molar-refractivity contribution in [2.24, 2.45) is 0 Å². The molecule has 0 aliphatic carbocycles. The van der Waals surface area contributed by atoms with Gasteiger partial charge < -0.3 is 14.9 Å². The molecular weight excluding hydrogens is 394 g/mol. The molecule has 8 heteroatoms. The lowest BCUT2D eigenvalue weighted by molar-refractivity contribution is 0.0597. The van der Waals surface area contributed by atoms with Gasteiger partial charge in [-0.3, -0.25) is 4.72 Å². The number of phenols is 1. The number of aryl methyl sites for hydroxylation is 2. The molecule has 7 nitrogen and oxygen atoms in total. The molecular formula is C21H27NO6S. The van der Waals surface area contributed by atoms with Gasteiger partial charge in [-0.1, -0.05) is 26.0 Å². The summed E-state index contributed by atoms with van der Waals surface area (Å²) in [4.78, 5) is 11.6. The third-order valence-corrected chi connectivity index (χ3v) is 6.09. The number of sulfonamides is 1. The molecule has 0 aromatic heterocycles. The van der Waals surface area contributed by atoms with Crippen LogP contribution < -0.4 is 4.72 Å². The summed E-state index contributed by atoms with van der Waals surface area (Å²) >= 11 is 0. The van der Waals surface area contributed by atoms with Crippen molar-refractivity contribution in [1.29, 1.82) is 0 Å². The van der Waals surface area contributed by atoms with Crippen molar-refractivity contribution in [2.45, 2.75) is 50.5 Å². The van der Waals surface area contributed by atoms with Crippen molar-refractivity contribution in [2.75, 3.05) is 11.8 Å². The smallest absolute Gasteiger partial charge is 0.341 e. The highest BCUT2D eigenvalue weighted by atomic mass is 32.2. The Labute approximate surface area is 171 Å². The van der Waals surface area contributed by atoms with Gasteiger partial charge in [-0.15, -0.1) is 0 Å². The Hall–Kier alpha value is -2.58. The number of phenolic OH excluding ortho intramolecular Hbond substituents is 1. The van der Waals surface area contributed by atoms with Crippen molar-refractivity contribution < 1.29 is 28.2 Å². The van der Waals surface area contributed by atoms with Crippen LogP contribution in [0.25, 0.3) is 0 Å². The third-order valence-electron chi connectivity index (χ3n) is 4.72. The van der Waals surface area contributed by atoms with E-state index in [9.17, 15) is 23.4 Å². The third kappa shape index (κ3) is 5.71. The molecule has 2 aromatic rings. The zero-order valence-electron chi connectivity index (χ0n) is 16.8. The van der Waals surface area contributed by atoms with Crippen LogP contribution in [-0.4, -0.2) is 37.8 Å². The Balaban J connectivity index is 2.38. The van der Waals surface area contributed by atoms with E-state index < -0.39 is 22.1 Å². The lowest BCUT2D eigenvalue weighted by atomic mass is 10.0. The molecule has 0 aliphatic rings. The van der Waals surface area contributed by atoms with Crippen LogP contribution >= 0.6 is 0 Å². The number of hydrogen-bond donors (Lipinski definition) is 3. The minimum Gasteiger partial charge on any atom is -0.507 e. The number of hydrogen-bond acceptors (Lipinski definition) is 6. The first kappa shape index (κ1) is 22.7. The van der Waals surface area contributed by atoms with Gasteiger partial charge in [0.15, 0.2) is 0 Å². The number of aliphatic hydroxyl groups excluding tert-OH is 1. The molecule has 0 amide bonds. The Kier molecular flexibility index (Phi) is 7.64. The summed E-state index contributed by atoms with van der Waals surface area (Å²) in [6.45, 7) is 3.90. The number of benzene rings is 2. The van der Waals surface area contributed by atoms with Gasteiger partial charge in [0.2, 0.25) is 0 Å². The van der Waals surface area contributed by atoms with Crippen molar-refractivity contribution >= 4 is 21.7 Å². The van der Waals surface area contributed by atoms with E-state index >= 15 is 0 Å². The molecule has 0 unspecified atom stereocenters. The maximum absolute atomic E-state index is 12.9. The van der Waals surface area contributed by atoms with E-state index in [0.29, 0.717) is 24.9 Å². The van der Waals surface area contributed by atoms with Crippen LogP contribution in [0.2, 0.25) is 0 Å². The molecule has 0 bridgehead atoms. The molecule has 29 heavy (non-hydrogen) atoms. The quantitative estimate of drug-likeness (QED) is 0.536. The largest absolute Gasteiger partial charge is 0.507 e. The molecule has 0 heterocycles. The first-order valence-electron chi connectivity index (χ1n) is 9.45. The zero-order chi connectivity index (χ0) is 21.6. The highest BCUT2D eigenvalue weighted by Crippen LogP contribution is 2.27. The van der Waals surface area contributed by atoms with E-state index in [-0.39, 0.29) is 16.2 Å².